The number of hydrogen-bond acceptors (Lipinski definition) is 5. The van der Waals surface area contributed by atoms with Gasteiger partial charge in [-0.2, -0.15) is 0 Å². The van der Waals surface area contributed by atoms with E-state index in [1.165, 1.54) is 0 Å². The standard InChI is InChI=1S/C8H9NO4/c10-9-7-1-3-8(4-2-7)12-5-6-13-11/h1-4,11H,5-6H2. The highest BCUT2D eigenvalue weighted by atomic mass is 17.1. The third-order valence-corrected chi connectivity index (χ3v) is 1.39. The summed E-state index contributed by atoms with van der Waals surface area (Å²) in [7, 11) is 0. The van der Waals surface area contributed by atoms with Gasteiger partial charge in [-0.3, -0.25) is 5.26 Å². The molecule has 5 heteroatoms. The van der Waals surface area contributed by atoms with Gasteiger partial charge in [0.15, 0.2) is 0 Å². The molecule has 0 saturated carbocycles. The highest BCUT2D eigenvalue weighted by Gasteiger charge is 1.94. The summed E-state index contributed by atoms with van der Waals surface area (Å²) in [5.74, 6) is 0.601. The van der Waals surface area contributed by atoms with Crippen molar-refractivity contribution in [1.29, 1.82) is 0 Å². The van der Waals surface area contributed by atoms with E-state index in [0.717, 1.165) is 0 Å². The van der Waals surface area contributed by atoms with Gasteiger partial charge in [0.25, 0.3) is 0 Å². The summed E-state index contributed by atoms with van der Waals surface area (Å²) in [5.41, 5.74) is 0.353. The fourth-order valence-electron chi connectivity index (χ4n) is 0.800. The smallest absolute Gasteiger partial charge is 0.119 e. The summed E-state index contributed by atoms with van der Waals surface area (Å²) in [5, 5.41) is 10.7. The van der Waals surface area contributed by atoms with E-state index in [2.05, 4.69) is 10.1 Å². The van der Waals surface area contributed by atoms with Crippen molar-refractivity contribution in [3.05, 3.63) is 29.2 Å². The normalized spacial score (nSPS) is 9.62. The molecule has 0 saturated heterocycles. The minimum absolute atomic E-state index is 0.105. The van der Waals surface area contributed by atoms with Gasteiger partial charge in [0.2, 0.25) is 0 Å². The van der Waals surface area contributed by atoms with Crippen molar-refractivity contribution in [1.82, 2.24) is 0 Å². The zero-order valence-electron chi connectivity index (χ0n) is 6.84. The summed E-state index contributed by atoms with van der Waals surface area (Å²) >= 11 is 0. The number of ether oxygens (including phenoxy) is 1. The average Bonchev–Trinajstić information content (AvgIpc) is 2.19. The van der Waals surface area contributed by atoms with Crippen LogP contribution in [0.15, 0.2) is 29.4 Å². The van der Waals surface area contributed by atoms with E-state index < -0.39 is 0 Å². The number of nitroso groups, excluding NO2 is 1. The van der Waals surface area contributed by atoms with Crippen LogP contribution in [0.5, 0.6) is 5.75 Å². The fourth-order valence-corrected chi connectivity index (χ4v) is 0.800. The van der Waals surface area contributed by atoms with Gasteiger partial charge >= 0.3 is 0 Å². The van der Waals surface area contributed by atoms with Crippen LogP contribution in [0.4, 0.5) is 5.69 Å². The lowest BCUT2D eigenvalue weighted by atomic mass is 10.3. The molecule has 0 aliphatic carbocycles. The first-order valence-corrected chi connectivity index (χ1v) is 3.69. The molecule has 0 bridgehead atoms. The summed E-state index contributed by atoms with van der Waals surface area (Å²) in [6.07, 6.45) is 0. The van der Waals surface area contributed by atoms with Gasteiger partial charge < -0.3 is 4.74 Å². The molecule has 1 N–H and O–H groups in total. The molecule has 1 aromatic carbocycles. The van der Waals surface area contributed by atoms with Crippen LogP contribution >= 0.6 is 0 Å². The summed E-state index contributed by atoms with van der Waals surface area (Å²) in [4.78, 5) is 13.8. The van der Waals surface area contributed by atoms with Crippen molar-refractivity contribution in [3.8, 4) is 5.75 Å². The predicted octanol–water partition coefficient (Wildman–Crippen LogP) is 1.95. The zero-order valence-corrected chi connectivity index (χ0v) is 6.84. The van der Waals surface area contributed by atoms with Crippen LogP contribution in [-0.2, 0) is 4.89 Å². The number of benzene rings is 1. The molecule has 13 heavy (non-hydrogen) atoms. The van der Waals surface area contributed by atoms with E-state index in [1.807, 2.05) is 0 Å². The minimum atomic E-state index is 0.105. The molecule has 0 heterocycles. The Morgan fingerprint density at radius 1 is 1.23 bits per heavy atom. The molecule has 5 nitrogen and oxygen atoms in total. The molecular formula is C8H9NO4. The quantitative estimate of drug-likeness (QED) is 0.328. The van der Waals surface area contributed by atoms with Crippen molar-refractivity contribution in [2.45, 2.75) is 0 Å². The maximum Gasteiger partial charge on any atom is 0.119 e. The molecule has 0 amide bonds. The van der Waals surface area contributed by atoms with Gasteiger partial charge in [-0.05, 0) is 29.4 Å². The van der Waals surface area contributed by atoms with Gasteiger partial charge in [0, 0.05) is 0 Å². The summed E-state index contributed by atoms with van der Waals surface area (Å²) in [6.45, 7) is 0.359. The lowest BCUT2D eigenvalue weighted by Crippen LogP contribution is -2.04. The van der Waals surface area contributed by atoms with E-state index in [9.17, 15) is 4.91 Å². The van der Waals surface area contributed by atoms with Gasteiger partial charge in [-0.25, -0.2) is 4.89 Å². The van der Waals surface area contributed by atoms with Crippen molar-refractivity contribution >= 4 is 5.69 Å². The molecule has 0 spiro atoms. The lowest BCUT2D eigenvalue weighted by Gasteiger charge is -2.03. The third kappa shape index (κ3) is 3.18. The first-order chi connectivity index (χ1) is 6.36. The Morgan fingerprint density at radius 2 is 1.92 bits per heavy atom. The molecular weight excluding hydrogens is 174 g/mol. The molecule has 0 radical (unpaired) electrons. The zero-order chi connectivity index (χ0) is 9.52. The summed E-state index contributed by atoms with van der Waals surface area (Å²) in [6, 6.07) is 6.33. The van der Waals surface area contributed by atoms with Crippen LogP contribution in [-0.4, -0.2) is 18.5 Å². The Hall–Kier alpha value is -1.46. The van der Waals surface area contributed by atoms with Crippen molar-refractivity contribution in [3.63, 3.8) is 0 Å². The van der Waals surface area contributed by atoms with Crippen LogP contribution in [0.25, 0.3) is 0 Å². The lowest BCUT2D eigenvalue weighted by molar-refractivity contribution is -0.245. The second-order valence-electron chi connectivity index (χ2n) is 2.27. The molecule has 0 fully saturated rings. The fraction of sp³-hybridized carbons (Fsp3) is 0.250. The minimum Gasteiger partial charge on any atom is -0.491 e. The molecule has 0 unspecified atom stereocenters. The molecule has 0 atom stereocenters. The van der Waals surface area contributed by atoms with Crippen molar-refractivity contribution in [2.24, 2.45) is 5.18 Å². The second kappa shape index (κ2) is 5.23. The predicted molar refractivity (Wildman–Crippen MR) is 46.0 cm³/mol. The Labute approximate surface area is 74.8 Å². The van der Waals surface area contributed by atoms with E-state index in [0.29, 0.717) is 11.4 Å². The summed E-state index contributed by atoms with van der Waals surface area (Å²) < 4.78 is 5.12. The van der Waals surface area contributed by atoms with Gasteiger partial charge in [-0.15, -0.1) is 4.91 Å². The van der Waals surface area contributed by atoms with E-state index in [1.54, 1.807) is 24.3 Å². The highest BCUT2D eigenvalue weighted by Crippen LogP contribution is 2.17. The molecule has 1 rings (SSSR count). The van der Waals surface area contributed by atoms with Gasteiger partial charge in [0.1, 0.15) is 24.7 Å². The van der Waals surface area contributed by atoms with Crippen LogP contribution in [0.3, 0.4) is 0 Å². The number of nitrogens with zero attached hydrogens (tertiary/aromatic N) is 1. The SMILES string of the molecule is O=Nc1ccc(OCCOO)cc1. The van der Waals surface area contributed by atoms with E-state index in [-0.39, 0.29) is 13.2 Å². The Bertz CT molecular complexity index is 259. The van der Waals surface area contributed by atoms with Crippen LogP contribution in [0.1, 0.15) is 0 Å². The topological polar surface area (TPSA) is 68.1 Å². The van der Waals surface area contributed by atoms with Crippen LogP contribution < -0.4 is 4.74 Å². The van der Waals surface area contributed by atoms with Gasteiger partial charge in [0.05, 0.1) is 0 Å². The first kappa shape index (κ1) is 9.63. The highest BCUT2D eigenvalue weighted by molar-refractivity contribution is 5.40. The second-order valence-corrected chi connectivity index (χ2v) is 2.27. The maximum atomic E-state index is 10.0. The molecule has 1 aromatic rings. The third-order valence-electron chi connectivity index (χ3n) is 1.39. The van der Waals surface area contributed by atoms with Crippen molar-refractivity contribution in [2.75, 3.05) is 13.2 Å². The van der Waals surface area contributed by atoms with E-state index in [4.69, 9.17) is 9.99 Å². The molecule has 0 aliphatic rings. The molecule has 0 aromatic heterocycles. The van der Waals surface area contributed by atoms with Gasteiger partial charge in [-0.1, -0.05) is 0 Å². The van der Waals surface area contributed by atoms with Crippen LogP contribution in [0.2, 0.25) is 0 Å². The first-order valence-electron chi connectivity index (χ1n) is 3.69. The maximum absolute atomic E-state index is 10.0. The monoisotopic (exact) mass is 183 g/mol. The number of rotatable bonds is 5. The van der Waals surface area contributed by atoms with Crippen LogP contribution in [0, 0.1) is 4.91 Å². The van der Waals surface area contributed by atoms with E-state index >= 15 is 0 Å². The Balaban J connectivity index is 2.44. The molecule has 70 valence electrons. The average molecular weight is 183 g/mol. The largest absolute Gasteiger partial charge is 0.491 e. The Kier molecular flexibility index (Phi) is 3.87. The number of hydrogen-bond donors (Lipinski definition) is 1. The Morgan fingerprint density at radius 3 is 2.46 bits per heavy atom. The molecule has 0 aliphatic heterocycles. The van der Waals surface area contributed by atoms with Crippen molar-refractivity contribution < 1.29 is 14.9 Å².